The Morgan fingerprint density at radius 2 is 2.10 bits per heavy atom. The Balaban J connectivity index is 1.81. The van der Waals surface area contributed by atoms with E-state index >= 15 is 0 Å². The average Bonchev–Trinajstić information content (AvgIpc) is 3.20. The van der Waals surface area contributed by atoms with E-state index in [2.05, 4.69) is 34.7 Å². The van der Waals surface area contributed by atoms with Gasteiger partial charge in [0.05, 0.1) is 13.2 Å². The summed E-state index contributed by atoms with van der Waals surface area (Å²) in [5.41, 5.74) is 0.351. The summed E-state index contributed by atoms with van der Waals surface area (Å²) in [5.74, 6) is 0. The summed E-state index contributed by atoms with van der Waals surface area (Å²) in [4.78, 5) is 4.25. The summed E-state index contributed by atoms with van der Waals surface area (Å²) < 4.78 is 5.59. The fourth-order valence-electron chi connectivity index (χ4n) is 4.21. The smallest absolute Gasteiger partial charge is 0.0594 e. The molecule has 0 aromatic carbocycles. The molecule has 1 atom stereocenters. The highest BCUT2D eigenvalue weighted by Gasteiger charge is 2.45. The van der Waals surface area contributed by atoms with Gasteiger partial charge in [0.25, 0.3) is 0 Å². The Hall–Kier alpha value is -0.420. The molecule has 2 heterocycles. The average molecular weight is 308 g/mol. The van der Waals surface area contributed by atoms with E-state index in [9.17, 15) is 0 Å². The Morgan fingerprint density at radius 1 is 1.33 bits per heavy atom. The highest BCUT2D eigenvalue weighted by Crippen LogP contribution is 2.40. The molecule has 1 N–H and O–H groups in total. The molecular weight excluding hydrogens is 280 g/mol. The van der Waals surface area contributed by atoms with Gasteiger partial charge in [0.2, 0.25) is 0 Å². The number of rotatable bonds is 6. The van der Waals surface area contributed by atoms with Crippen LogP contribution in [-0.2, 0) is 11.2 Å². The van der Waals surface area contributed by atoms with Crippen LogP contribution in [0.2, 0.25) is 0 Å². The Bertz CT molecular complexity index is 408. The maximum Gasteiger partial charge on any atom is 0.0594 e. The lowest BCUT2D eigenvalue weighted by Gasteiger charge is -2.48. The Labute approximate surface area is 132 Å². The van der Waals surface area contributed by atoms with Crippen LogP contribution in [0.15, 0.2) is 17.5 Å². The molecule has 0 amide bonds. The zero-order chi connectivity index (χ0) is 14.5. The largest absolute Gasteiger partial charge is 0.379 e. The van der Waals surface area contributed by atoms with Crippen LogP contribution in [-0.4, -0.2) is 49.3 Å². The van der Waals surface area contributed by atoms with E-state index in [4.69, 9.17) is 4.74 Å². The van der Waals surface area contributed by atoms with Crippen LogP contribution >= 0.6 is 11.3 Å². The number of thiophene rings is 1. The van der Waals surface area contributed by atoms with E-state index in [1.165, 1.54) is 37.0 Å². The Kier molecular flexibility index (Phi) is 5.33. The first-order chi connectivity index (χ1) is 10.3. The Morgan fingerprint density at radius 3 is 2.71 bits per heavy atom. The van der Waals surface area contributed by atoms with Gasteiger partial charge >= 0.3 is 0 Å². The third kappa shape index (κ3) is 3.34. The molecule has 1 unspecified atom stereocenters. The number of morpholine rings is 1. The second-order valence-corrected chi connectivity index (χ2v) is 7.34. The van der Waals surface area contributed by atoms with Crippen molar-refractivity contribution in [3.63, 3.8) is 0 Å². The predicted molar refractivity (Wildman–Crippen MR) is 89.1 cm³/mol. The lowest BCUT2D eigenvalue weighted by molar-refractivity contribution is -0.0354. The zero-order valence-corrected chi connectivity index (χ0v) is 14.0. The van der Waals surface area contributed by atoms with Gasteiger partial charge in [0.15, 0.2) is 0 Å². The first-order valence-electron chi connectivity index (χ1n) is 8.44. The molecule has 1 saturated heterocycles. The molecule has 1 aliphatic heterocycles. The van der Waals surface area contributed by atoms with Gasteiger partial charge in [-0.05, 0) is 37.3 Å². The fourth-order valence-corrected chi connectivity index (χ4v) is 4.96. The van der Waals surface area contributed by atoms with Crippen molar-refractivity contribution in [2.75, 3.05) is 32.8 Å². The zero-order valence-electron chi connectivity index (χ0n) is 13.1. The number of nitrogens with zero attached hydrogens (tertiary/aromatic N) is 1. The first kappa shape index (κ1) is 15.5. The minimum Gasteiger partial charge on any atom is -0.379 e. The highest BCUT2D eigenvalue weighted by atomic mass is 32.1. The topological polar surface area (TPSA) is 24.5 Å². The lowest BCUT2D eigenvalue weighted by atomic mass is 9.83. The van der Waals surface area contributed by atoms with E-state index in [-0.39, 0.29) is 0 Å². The van der Waals surface area contributed by atoms with Gasteiger partial charge in [-0.25, -0.2) is 0 Å². The standard InChI is InChI=1S/C17H28N2OS/c1-2-18-16(14-15-6-5-13-21-15)17(7-3-4-8-17)19-9-11-20-12-10-19/h5-6,13,16,18H,2-4,7-12,14H2,1H3. The molecule has 0 radical (unpaired) electrons. The predicted octanol–water partition coefficient (Wildman–Crippen LogP) is 2.91. The van der Waals surface area contributed by atoms with Crippen molar-refractivity contribution in [3.8, 4) is 0 Å². The van der Waals surface area contributed by atoms with Crippen LogP contribution in [0, 0.1) is 0 Å². The number of ether oxygens (including phenoxy) is 1. The van der Waals surface area contributed by atoms with Crippen molar-refractivity contribution in [2.45, 2.75) is 50.6 Å². The molecule has 1 saturated carbocycles. The van der Waals surface area contributed by atoms with Gasteiger partial charge in [-0.2, -0.15) is 0 Å². The summed E-state index contributed by atoms with van der Waals surface area (Å²) >= 11 is 1.90. The van der Waals surface area contributed by atoms with Crippen LogP contribution in [0.4, 0.5) is 0 Å². The summed E-state index contributed by atoms with van der Waals surface area (Å²) in [6.45, 7) is 7.31. The van der Waals surface area contributed by atoms with Crippen LogP contribution in [0.5, 0.6) is 0 Å². The van der Waals surface area contributed by atoms with E-state index in [0.717, 1.165) is 32.8 Å². The van der Waals surface area contributed by atoms with Crippen LogP contribution in [0.3, 0.4) is 0 Å². The third-order valence-electron chi connectivity index (χ3n) is 5.19. The summed E-state index contributed by atoms with van der Waals surface area (Å²) in [7, 11) is 0. The quantitative estimate of drug-likeness (QED) is 0.874. The van der Waals surface area contributed by atoms with E-state index in [1.807, 2.05) is 11.3 Å². The molecule has 118 valence electrons. The van der Waals surface area contributed by atoms with Gasteiger partial charge in [0.1, 0.15) is 0 Å². The monoisotopic (exact) mass is 308 g/mol. The SMILES string of the molecule is CCNC(Cc1cccs1)C1(N2CCOCC2)CCCC1. The van der Waals surface area contributed by atoms with Gasteiger partial charge < -0.3 is 10.1 Å². The summed E-state index contributed by atoms with van der Waals surface area (Å²) in [5, 5.41) is 6.03. The maximum absolute atomic E-state index is 5.59. The van der Waals surface area contributed by atoms with Crippen LogP contribution in [0.1, 0.15) is 37.5 Å². The summed E-state index contributed by atoms with van der Waals surface area (Å²) in [6.07, 6.45) is 6.61. The minimum atomic E-state index is 0.351. The second kappa shape index (κ2) is 7.23. The molecule has 1 aromatic heterocycles. The number of nitrogens with one attached hydrogen (secondary N) is 1. The number of hydrogen-bond donors (Lipinski definition) is 1. The third-order valence-corrected chi connectivity index (χ3v) is 6.09. The molecule has 1 aromatic rings. The molecule has 0 bridgehead atoms. The molecule has 1 aliphatic carbocycles. The molecule has 4 heteroatoms. The van der Waals surface area contributed by atoms with Crippen molar-refractivity contribution < 1.29 is 4.74 Å². The van der Waals surface area contributed by atoms with Crippen molar-refractivity contribution in [1.29, 1.82) is 0 Å². The second-order valence-electron chi connectivity index (χ2n) is 6.30. The van der Waals surface area contributed by atoms with Gasteiger partial charge in [-0.15, -0.1) is 11.3 Å². The molecule has 2 aliphatic rings. The molecule has 21 heavy (non-hydrogen) atoms. The van der Waals surface area contributed by atoms with Crippen molar-refractivity contribution in [1.82, 2.24) is 10.2 Å². The first-order valence-corrected chi connectivity index (χ1v) is 9.32. The van der Waals surface area contributed by atoms with E-state index in [0.29, 0.717) is 11.6 Å². The summed E-state index contributed by atoms with van der Waals surface area (Å²) in [6, 6.07) is 5.04. The normalized spacial score (nSPS) is 24.2. The lowest BCUT2D eigenvalue weighted by Crippen LogP contribution is -2.63. The van der Waals surface area contributed by atoms with E-state index < -0.39 is 0 Å². The van der Waals surface area contributed by atoms with Gasteiger partial charge in [-0.3, -0.25) is 4.90 Å². The minimum absolute atomic E-state index is 0.351. The van der Waals surface area contributed by atoms with Gasteiger partial charge in [-0.1, -0.05) is 25.8 Å². The van der Waals surface area contributed by atoms with Crippen molar-refractivity contribution in [2.24, 2.45) is 0 Å². The maximum atomic E-state index is 5.59. The van der Waals surface area contributed by atoms with Crippen LogP contribution in [0.25, 0.3) is 0 Å². The molecular formula is C17H28N2OS. The fraction of sp³-hybridized carbons (Fsp3) is 0.765. The number of hydrogen-bond acceptors (Lipinski definition) is 4. The molecule has 2 fully saturated rings. The molecule has 3 nitrogen and oxygen atoms in total. The van der Waals surface area contributed by atoms with E-state index in [1.54, 1.807) is 0 Å². The molecule has 0 spiro atoms. The van der Waals surface area contributed by atoms with Crippen molar-refractivity contribution >= 4 is 11.3 Å². The van der Waals surface area contributed by atoms with Gasteiger partial charge in [0, 0.05) is 29.5 Å². The molecule has 3 rings (SSSR count). The highest BCUT2D eigenvalue weighted by molar-refractivity contribution is 7.09. The number of likely N-dealkylation sites (N-methyl/N-ethyl adjacent to an activating group) is 1. The van der Waals surface area contributed by atoms with Crippen molar-refractivity contribution in [3.05, 3.63) is 22.4 Å². The van der Waals surface area contributed by atoms with Crippen LogP contribution < -0.4 is 5.32 Å².